The fourth-order valence-electron chi connectivity index (χ4n) is 4.90. The van der Waals surface area contributed by atoms with Crippen molar-refractivity contribution in [3.63, 3.8) is 0 Å². The van der Waals surface area contributed by atoms with Gasteiger partial charge in [-0.2, -0.15) is 0 Å². The molecular weight excluding hydrogens is 452 g/mol. The molecule has 0 aliphatic heterocycles. The number of aliphatic carboxylic acids is 1. The summed E-state index contributed by atoms with van der Waals surface area (Å²) < 4.78 is 25.9. The summed E-state index contributed by atoms with van der Waals surface area (Å²) in [4.78, 5) is 28.6. The average Bonchev–Trinajstić information content (AvgIpc) is 2.83. The summed E-state index contributed by atoms with van der Waals surface area (Å²) in [6.07, 6.45) is 4.61. The molecule has 1 fully saturated rings. The third-order valence-electron chi connectivity index (χ3n) is 6.88. The number of rotatable bonds is 7. The number of carbonyl (C=O) groups is 1. The highest BCUT2D eigenvalue weighted by atomic mass is 19.3. The maximum atomic E-state index is 13.0. The molecule has 9 heteroatoms. The number of halogens is 2. The van der Waals surface area contributed by atoms with Crippen molar-refractivity contribution >= 4 is 17.6 Å². The lowest BCUT2D eigenvalue weighted by molar-refractivity contribution is -0.145. The Morgan fingerprint density at radius 1 is 1.11 bits per heavy atom. The molecule has 0 bridgehead atoms. The van der Waals surface area contributed by atoms with E-state index in [2.05, 4.69) is 32.2 Å². The van der Waals surface area contributed by atoms with Crippen LogP contribution in [0.1, 0.15) is 62.5 Å². The number of aromatic nitrogens is 4. The van der Waals surface area contributed by atoms with Gasteiger partial charge in [-0.25, -0.2) is 28.7 Å². The average molecular weight is 482 g/mol. The van der Waals surface area contributed by atoms with E-state index >= 15 is 0 Å². The minimum absolute atomic E-state index is 0.103. The molecule has 4 atom stereocenters. The maximum absolute atomic E-state index is 13.0. The first-order valence-electron chi connectivity index (χ1n) is 11.8. The van der Waals surface area contributed by atoms with Crippen molar-refractivity contribution in [3.8, 4) is 11.1 Å². The Morgan fingerprint density at radius 3 is 2.51 bits per heavy atom. The third-order valence-corrected chi connectivity index (χ3v) is 6.88. The Morgan fingerprint density at radius 2 is 1.86 bits per heavy atom. The van der Waals surface area contributed by atoms with Crippen LogP contribution in [0.4, 0.5) is 20.4 Å². The van der Waals surface area contributed by atoms with Crippen LogP contribution in [-0.2, 0) is 4.79 Å². The minimum Gasteiger partial charge on any atom is -0.481 e. The summed E-state index contributed by atoms with van der Waals surface area (Å²) in [5.41, 5.74) is 3.02. The Hall–Kier alpha value is -3.49. The van der Waals surface area contributed by atoms with Crippen LogP contribution in [0, 0.1) is 24.7 Å². The van der Waals surface area contributed by atoms with Gasteiger partial charge in [0.05, 0.1) is 5.92 Å². The van der Waals surface area contributed by atoms with E-state index in [0.717, 1.165) is 35.4 Å². The van der Waals surface area contributed by atoms with Crippen molar-refractivity contribution in [1.82, 2.24) is 19.9 Å². The molecule has 0 amide bonds. The second-order valence-electron chi connectivity index (χ2n) is 9.43. The second kappa shape index (κ2) is 10.4. The smallest absolute Gasteiger partial charge is 0.306 e. The molecule has 1 aromatic carbocycles. The summed E-state index contributed by atoms with van der Waals surface area (Å²) in [6.45, 7) is 6.06. The number of nitrogens with zero attached hydrogens (tertiary/aromatic N) is 4. The molecule has 2 aromatic heterocycles. The van der Waals surface area contributed by atoms with Crippen LogP contribution in [0.25, 0.3) is 11.1 Å². The highest BCUT2D eigenvalue weighted by molar-refractivity contribution is 5.71. The van der Waals surface area contributed by atoms with Gasteiger partial charge in [0, 0.05) is 35.8 Å². The van der Waals surface area contributed by atoms with Gasteiger partial charge in [0.2, 0.25) is 5.95 Å². The largest absolute Gasteiger partial charge is 0.481 e. The highest BCUT2D eigenvalue weighted by Gasteiger charge is 2.35. The van der Waals surface area contributed by atoms with Crippen LogP contribution in [0.5, 0.6) is 0 Å². The van der Waals surface area contributed by atoms with E-state index in [1.165, 1.54) is 12.3 Å². The second-order valence-corrected chi connectivity index (χ2v) is 9.43. The quantitative estimate of drug-likeness (QED) is 0.416. The standard InChI is InChI=1S/C26H29F2N5O2/c1-14-8-18(11-20(9-14)32-26-29-7-6-22(33-26)23(27)28)19-12-30-24(31-13-19)16(3)17-4-5-21(25(34)35)15(2)10-17/h6-9,11-13,15-17,21,23H,4-5,10H2,1-3H3,(H,34,35)(H,29,32,33). The van der Waals surface area contributed by atoms with E-state index in [-0.39, 0.29) is 29.4 Å². The molecule has 2 N–H and O–H groups in total. The molecule has 3 aromatic rings. The summed E-state index contributed by atoms with van der Waals surface area (Å²) in [7, 11) is 0. The summed E-state index contributed by atoms with van der Waals surface area (Å²) in [5.74, 6) is 0.505. The molecule has 4 rings (SSSR count). The molecule has 7 nitrogen and oxygen atoms in total. The molecule has 0 saturated heterocycles. The van der Waals surface area contributed by atoms with Crippen molar-refractivity contribution in [2.75, 3.05) is 5.32 Å². The van der Waals surface area contributed by atoms with Crippen LogP contribution >= 0.6 is 0 Å². The van der Waals surface area contributed by atoms with Gasteiger partial charge in [-0.1, -0.05) is 19.9 Å². The predicted octanol–water partition coefficient (Wildman–Crippen LogP) is 6.16. The van der Waals surface area contributed by atoms with Crippen molar-refractivity contribution in [3.05, 3.63) is 59.9 Å². The van der Waals surface area contributed by atoms with Gasteiger partial charge in [-0.15, -0.1) is 0 Å². The number of anilines is 2. The van der Waals surface area contributed by atoms with Crippen molar-refractivity contribution in [1.29, 1.82) is 0 Å². The van der Waals surface area contributed by atoms with E-state index in [1.54, 1.807) is 12.4 Å². The molecule has 4 unspecified atom stereocenters. The summed E-state index contributed by atoms with van der Waals surface area (Å²) in [5, 5.41) is 12.4. The van der Waals surface area contributed by atoms with E-state index in [9.17, 15) is 18.7 Å². The van der Waals surface area contributed by atoms with Crippen molar-refractivity contribution in [2.45, 2.75) is 52.4 Å². The lowest BCUT2D eigenvalue weighted by atomic mass is 9.71. The Bertz CT molecular complexity index is 1190. The van der Waals surface area contributed by atoms with Gasteiger partial charge in [0.15, 0.2) is 0 Å². The lowest BCUT2D eigenvalue weighted by Gasteiger charge is -2.34. The zero-order valence-electron chi connectivity index (χ0n) is 19.9. The number of hydrogen-bond acceptors (Lipinski definition) is 6. The topological polar surface area (TPSA) is 101 Å². The van der Waals surface area contributed by atoms with Gasteiger partial charge in [0.1, 0.15) is 11.5 Å². The zero-order chi connectivity index (χ0) is 25.1. The number of nitrogens with one attached hydrogen (secondary N) is 1. The first kappa shape index (κ1) is 24.6. The van der Waals surface area contributed by atoms with Crippen molar-refractivity contribution in [2.24, 2.45) is 17.8 Å². The van der Waals surface area contributed by atoms with E-state index in [1.807, 2.05) is 32.0 Å². The summed E-state index contributed by atoms with van der Waals surface area (Å²) in [6, 6.07) is 6.95. The molecule has 1 aliphatic carbocycles. The highest BCUT2D eigenvalue weighted by Crippen LogP contribution is 2.40. The Kier molecular flexibility index (Phi) is 7.33. The molecule has 0 spiro atoms. The van der Waals surface area contributed by atoms with E-state index in [4.69, 9.17) is 0 Å². The van der Waals surface area contributed by atoms with Gasteiger partial charge >= 0.3 is 5.97 Å². The molecule has 35 heavy (non-hydrogen) atoms. The van der Waals surface area contributed by atoms with Crippen LogP contribution in [-0.4, -0.2) is 31.0 Å². The summed E-state index contributed by atoms with van der Waals surface area (Å²) >= 11 is 0. The molecule has 184 valence electrons. The van der Waals surface area contributed by atoms with Crippen molar-refractivity contribution < 1.29 is 18.7 Å². The number of hydrogen-bond donors (Lipinski definition) is 2. The molecule has 2 heterocycles. The fourth-order valence-corrected chi connectivity index (χ4v) is 4.90. The van der Waals surface area contributed by atoms with E-state index in [0.29, 0.717) is 18.0 Å². The number of carboxylic acid groups (broad SMARTS) is 1. The Labute approximate surface area is 203 Å². The monoisotopic (exact) mass is 481 g/mol. The minimum atomic E-state index is -2.67. The van der Waals surface area contributed by atoms with Crippen LogP contribution in [0.15, 0.2) is 42.9 Å². The van der Waals surface area contributed by atoms with Gasteiger partial charge in [-0.05, 0) is 67.3 Å². The SMILES string of the molecule is Cc1cc(Nc2nccc(C(F)F)n2)cc(-c2cnc(C(C)C3CCC(C(=O)O)C(C)C3)nc2)c1. The number of benzene rings is 1. The molecular formula is C26H29F2N5O2. The van der Waals surface area contributed by atoms with Gasteiger partial charge < -0.3 is 10.4 Å². The molecule has 1 saturated carbocycles. The normalized spacial score (nSPS) is 21.0. The third kappa shape index (κ3) is 5.78. The van der Waals surface area contributed by atoms with E-state index < -0.39 is 12.4 Å². The maximum Gasteiger partial charge on any atom is 0.306 e. The number of aryl methyl sites for hydroxylation is 1. The van der Waals surface area contributed by atoms with Crippen LogP contribution in [0.3, 0.4) is 0 Å². The number of alkyl halides is 2. The first-order valence-corrected chi connectivity index (χ1v) is 11.8. The van der Waals surface area contributed by atoms with Crippen LogP contribution in [0.2, 0.25) is 0 Å². The lowest BCUT2D eigenvalue weighted by Crippen LogP contribution is -2.31. The first-order chi connectivity index (χ1) is 16.7. The fraction of sp³-hybridized carbons (Fsp3) is 0.423. The van der Waals surface area contributed by atoms with Gasteiger partial charge in [0.25, 0.3) is 6.43 Å². The predicted molar refractivity (Wildman–Crippen MR) is 129 cm³/mol. The molecule has 1 aliphatic rings. The zero-order valence-corrected chi connectivity index (χ0v) is 19.9. The van der Waals surface area contributed by atoms with Gasteiger partial charge in [-0.3, -0.25) is 4.79 Å². The molecule has 0 radical (unpaired) electrons. The van der Waals surface area contributed by atoms with Crippen LogP contribution < -0.4 is 5.32 Å². The number of carboxylic acids is 1. The Balaban J connectivity index is 1.49.